The number of halogens is 1. The molecule has 1 atom stereocenters. The van der Waals surface area contributed by atoms with E-state index in [1.54, 1.807) is 0 Å². The van der Waals surface area contributed by atoms with Gasteiger partial charge >= 0.3 is 0 Å². The summed E-state index contributed by atoms with van der Waals surface area (Å²) >= 11 is 3.25. The summed E-state index contributed by atoms with van der Waals surface area (Å²) in [5, 5.41) is 13.6. The average Bonchev–Trinajstić information content (AvgIpc) is 2.40. The largest absolute Gasteiger partial charge is 0.349 e. The Morgan fingerprint density at radius 3 is 2.84 bits per heavy atom. The smallest absolute Gasteiger partial charge is 0.270 e. The molecule has 0 saturated heterocycles. The van der Waals surface area contributed by atoms with Gasteiger partial charge in [-0.25, -0.2) is 0 Å². The molecule has 1 aromatic rings. The highest BCUT2D eigenvalue weighted by atomic mass is 79.9. The number of hydrogen-bond acceptors (Lipinski definition) is 3. The number of allylic oxidation sites excluding steroid dienone is 1. The molecule has 0 radical (unpaired) electrons. The number of nitrogens with zero attached hydrogens (tertiary/aromatic N) is 1. The maximum atomic E-state index is 12.1. The molecule has 5 nitrogen and oxygen atoms in total. The SMILES string of the molecule is O=C(NC1CC=CCC1)c1cc([N+](=O)[O-])ccc1Br. The van der Waals surface area contributed by atoms with E-state index in [1.165, 1.54) is 18.2 Å². The van der Waals surface area contributed by atoms with Crippen molar-refractivity contribution in [3.63, 3.8) is 0 Å². The van der Waals surface area contributed by atoms with Gasteiger partial charge in [0.15, 0.2) is 0 Å². The van der Waals surface area contributed by atoms with Crippen molar-refractivity contribution in [2.45, 2.75) is 25.3 Å². The van der Waals surface area contributed by atoms with E-state index in [0.717, 1.165) is 19.3 Å². The van der Waals surface area contributed by atoms with Crippen molar-refractivity contribution in [2.24, 2.45) is 0 Å². The number of nitro groups is 1. The molecule has 1 amide bonds. The highest BCUT2D eigenvalue weighted by Crippen LogP contribution is 2.23. The Morgan fingerprint density at radius 1 is 1.42 bits per heavy atom. The predicted octanol–water partition coefficient (Wildman–Crippen LogP) is 3.20. The van der Waals surface area contributed by atoms with Gasteiger partial charge in [-0.2, -0.15) is 0 Å². The van der Waals surface area contributed by atoms with Crippen molar-refractivity contribution in [2.75, 3.05) is 0 Å². The van der Waals surface area contributed by atoms with E-state index >= 15 is 0 Å². The summed E-state index contributed by atoms with van der Waals surface area (Å²) in [7, 11) is 0. The second-order valence-corrected chi connectivity index (χ2v) is 5.23. The lowest BCUT2D eigenvalue weighted by atomic mass is 10.0. The van der Waals surface area contributed by atoms with Crippen LogP contribution in [0, 0.1) is 10.1 Å². The number of rotatable bonds is 3. The van der Waals surface area contributed by atoms with E-state index in [0.29, 0.717) is 10.0 Å². The third-order valence-corrected chi connectivity index (χ3v) is 3.70. The van der Waals surface area contributed by atoms with Crippen LogP contribution in [0.25, 0.3) is 0 Å². The van der Waals surface area contributed by atoms with E-state index < -0.39 is 4.92 Å². The molecule has 0 aromatic heterocycles. The fourth-order valence-corrected chi connectivity index (χ4v) is 2.42. The molecule has 0 spiro atoms. The van der Waals surface area contributed by atoms with Crippen molar-refractivity contribution >= 4 is 27.5 Å². The maximum absolute atomic E-state index is 12.1. The van der Waals surface area contributed by atoms with Gasteiger partial charge in [-0.3, -0.25) is 14.9 Å². The lowest BCUT2D eigenvalue weighted by Gasteiger charge is -2.19. The second-order valence-electron chi connectivity index (χ2n) is 4.38. The van der Waals surface area contributed by atoms with Crippen LogP contribution in [0.4, 0.5) is 5.69 Å². The third kappa shape index (κ3) is 3.41. The van der Waals surface area contributed by atoms with E-state index in [1.807, 2.05) is 6.08 Å². The van der Waals surface area contributed by atoms with Gasteiger partial charge in [-0.15, -0.1) is 0 Å². The lowest BCUT2D eigenvalue weighted by molar-refractivity contribution is -0.384. The predicted molar refractivity (Wildman–Crippen MR) is 75.0 cm³/mol. The molecule has 1 aliphatic carbocycles. The normalized spacial score (nSPS) is 18.1. The molecular formula is C13H13BrN2O3. The Hall–Kier alpha value is -1.69. The molecule has 1 N–H and O–H groups in total. The van der Waals surface area contributed by atoms with Gasteiger partial charge in [0.05, 0.1) is 10.5 Å². The van der Waals surface area contributed by atoms with Gasteiger partial charge in [0.25, 0.3) is 11.6 Å². The van der Waals surface area contributed by atoms with Crippen molar-refractivity contribution < 1.29 is 9.72 Å². The Labute approximate surface area is 119 Å². The van der Waals surface area contributed by atoms with Crippen molar-refractivity contribution in [3.8, 4) is 0 Å². The number of hydrogen-bond donors (Lipinski definition) is 1. The van der Waals surface area contributed by atoms with Crippen LogP contribution in [0.15, 0.2) is 34.8 Å². The number of amides is 1. The first-order valence-electron chi connectivity index (χ1n) is 5.97. The molecule has 1 aromatic carbocycles. The maximum Gasteiger partial charge on any atom is 0.270 e. The Bertz CT molecular complexity index is 543. The van der Waals surface area contributed by atoms with Crippen LogP contribution < -0.4 is 5.32 Å². The summed E-state index contributed by atoms with van der Waals surface area (Å²) < 4.78 is 0.557. The zero-order chi connectivity index (χ0) is 13.8. The monoisotopic (exact) mass is 324 g/mol. The minimum absolute atomic E-state index is 0.0862. The van der Waals surface area contributed by atoms with Crippen molar-refractivity contribution in [1.82, 2.24) is 5.32 Å². The van der Waals surface area contributed by atoms with Gasteiger partial charge in [-0.05, 0) is 41.3 Å². The number of nitrogens with one attached hydrogen (secondary N) is 1. The van der Waals surface area contributed by atoms with E-state index in [2.05, 4.69) is 27.3 Å². The van der Waals surface area contributed by atoms with Crippen LogP contribution in [0.3, 0.4) is 0 Å². The molecule has 2 rings (SSSR count). The van der Waals surface area contributed by atoms with E-state index in [4.69, 9.17) is 0 Å². The molecule has 6 heteroatoms. The average molecular weight is 325 g/mol. The van der Waals surface area contributed by atoms with Crippen LogP contribution >= 0.6 is 15.9 Å². The van der Waals surface area contributed by atoms with Crippen LogP contribution in [0.1, 0.15) is 29.6 Å². The number of non-ortho nitro benzene ring substituents is 1. The molecule has 1 aliphatic rings. The fourth-order valence-electron chi connectivity index (χ4n) is 1.99. The highest BCUT2D eigenvalue weighted by molar-refractivity contribution is 9.10. The molecule has 0 heterocycles. The van der Waals surface area contributed by atoms with Gasteiger partial charge in [-0.1, -0.05) is 12.2 Å². The minimum Gasteiger partial charge on any atom is -0.349 e. The number of nitro benzene ring substituents is 1. The Morgan fingerprint density at radius 2 is 2.21 bits per heavy atom. The minimum atomic E-state index is -0.507. The molecule has 1 unspecified atom stereocenters. The first-order chi connectivity index (χ1) is 9.08. The second kappa shape index (κ2) is 5.97. The Kier molecular flexibility index (Phi) is 4.31. The van der Waals surface area contributed by atoms with Crippen LogP contribution in [-0.2, 0) is 0 Å². The Balaban J connectivity index is 2.15. The highest BCUT2D eigenvalue weighted by Gasteiger charge is 2.18. The number of carbonyl (C=O) groups is 1. The molecule has 0 saturated carbocycles. The summed E-state index contributed by atoms with van der Waals surface area (Å²) in [6, 6.07) is 4.28. The first kappa shape index (κ1) is 13.7. The molecule has 0 fully saturated rings. The summed E-state index contributed by atoms with van der Waals surface area (Å²) in [6.45, 7) is 0. The number of benzene rings is 1. The summed E-state index contributed by atoms with van der Waals surface area (Å²) in [5.41, 5.74) is 0.209. The number of carbonyl (C=O) groups excluding carboxylic acids is 1. The third-order valence-electron chi connectivity index (χ3n) is 3.01. The van der Waals surface area contributed by atoms with Crippen LogP contribution in [0.2, 0.25) is 0 Å². The molecule has 0 bridgehead atoms. The molecule has 19 heavy (non-hydrogen) atoms. The zero-order valence-corrected chi connectivity index (χ0v) is 11.7. The van der Waals surface area contributed by atoms with Crippen molar-refractivity contribution in [3.05, 3.63) is 50.5 Å². The van der Waals surface area contributed by atoms with Gasteiger partial charge in [0.1, 0.15) is 0 Å². The van der Waals surface area contributed by atoms with Gasteiger partial charge < -0.3 is 5.32 Å². The molecular weight excluding hydrogens is 312 g/mol. The fraction of sp³-hybridized carbons (Fsp3) is 0.308. The standard InChI is InChI=1S/C13H13BrN2O3/c14-12-7-6-10(16(18)19)8-11(12)13(17)15-9-4-2-1-3-5-9/h1-2,6-9H,3-5H2,(H,15,17). The van der Waals surface area contributed by atoms with E-state index in [-0.39, 0.29) is 17.6 Å². The molecule has 0 aliphatic heterocycles. The first-order valence-corrected chi connectivity index (χ1v) is 6.77. The van der Waals surface area contributed by atoms with Gasteiger partial charge in [0, 0.05) is 22.6 Å². The summed E-state index contributed by atoms with van der Waals surface area (Å²) in [4.78, 5) is 22.3. The van der Waals surface area contributed by atoms with Crippen LogP contribution in [-0.4, -0.2) is 16.9 Å². The molecule has 100 valence electrons. The van der Waals surface area contributed by atoms with Crippen molar-refractivity contribution in [1.29, 1.82) is 0 Å². The van der Waals surface area contributed by atoms with Crippen LogP contribution in [0.5, 0.6) is 0 Å². The quantitative estimate of drug-likeness (QED) is 0.527. The topological polar surface area (TPSA) is 72.2 Å². The zero-order valence-electron chi connectivity index (χ0n) is 10.1. The van der Waals surface area contributed by atoms with Gasteiger partial charge in [0.2, 0.25) is 0 Å². The lowest BCUT2D eigenvalue weighted by Crippen LogP contribution is -2.35. The summed E-state index contributed by atoms with van der Waals surface area (Å²) in [5.74, 6) is -0.282. The van der Waals surface area contributed by atoms with E-state index in [9.17, 15) is 14.9 Å². The summed E-state index contributed by atoms with van der Waals surface area (Å²) in [6.07, 6.45) is 6.77.